The van der Waals surface area contributed by atoms with Crippen molar-refractivity contribution < 1.29 is 20.1 Å². The fourth-order valence-corrected chi connectivity index (χ4v) is 0.861. The summed E-state index contributed by atoms with van der Waals surface area (Å²) in [4.78, 5) is 11.7. The molecule has 0 radical (unpaired) electrons. The van der Waals surface area contributed by atoms with Crippen LogP contribution in [0.1, 0.15) is 13.8 Å². The molecule has 90 valence electrons. The maximum atomic E-state index is 11.7. The van der Waals surface area contributed by atoms with Gasteiger partial charge in [0.05, 0.1) is 25.2 Å². The van der Waals surface area contributed by atoms with Gasteiger partial charge in [0.1, 0.15) is 5.54 Å². The van der Waals surface area contributed by atoms with Crippen LogP contribution in [0.5, 0.6) is 0 Å². The summed E-state index contributed by atoms with van der Waals surface area (Å²) in [6, 6.07) is 0. The summed E-state index contributed by atoms with van der Waals surface area (Å²) >= 11 is 5.60. The summed E-state index contributed by atoms with van der Waals surface area (Å²) in [6.45, 7) is 1.65. The smallest absolute Gasteiger partial charge is 0.227 e. The van der Waals surface area contributed by atoms with E-state index < -0.39 is 36.7 Å². The normalized spacial score (nSPS) is 12.7. The molecule has 0 saturated carbocycles. The summed E-state index contributed by atoms with van der Waals surface area (Å²) in [5.74, 6) is -0.313. The summed E-state index contributed by atoms with van der Waals surface area (Å²) < 4.78 is 0. The van der Waals surface area contributed by atoms with Crippen molar-refractivity contribution >= 4 is 17.5 Å². The van der Waals surface area contributed by atoms with Crippen LogP contribution in [0.3, 0.4) is 0 Å². The Bertz CT molecular complexity index is 208. The number of hydrogen-bond donors (Lipinski definition) is 4. The monoisotopic (exact) mass is 239 g/mol. The minimum absolute atomic E-state index is 0.108. The summed E-state index contributed by atoms with van der Waals surface area (Å²) in [7, 11) is 0. The van der Waals surface area contributed by atoms with Crippen LogP contribution in [0.15, 0.2) is 0 Å². The van der Waals surface area contributed by atoms with Crippen molar-refractivity contribution in [2.75, 3.05) is 25.7 Å². The van der Waals surface area contributed by atoms with Gasteiger partial charge in [-0.25, -0.2) is 0 Å². The topological polar surface area (TPSA) is 89.8 Å². The van der Waals surface area contributed by atoms with Crippen molar-refractivity contribution in [3.05, 3.63) is 0 Å². The van der Waals surface area contributed by atoms with Crippen molar-refractivity contribution in [2.24, 2.45) is 5.41 Å². The van der Waals surface area contributed by atoms with Crippen LogP contribution < -0.4 is 5.32 Å². The molecule has 1 amide bonds. The average molecular weight is 240 g/mol. The van der Waals surface area contributed by atoms with E-state index in [1.54, 1.807) is 13.8 Å². The molecule has 15 heavy (non-hydrogen) atoms. The van der Waals surface area contributed by atoms with Gasteiger partial charge in [0.2, 0.25) is 5.91 Å². The molecule has 0 aromatic carbocycles. The third kappa shape index (κ3) is 3.61. The van der Waals surface area contributed by atoms with Crippen LogP contribution in [-0.4, -0.2) is 52.5 Å². The lowest BCUT2D eigenvalue weighted by Crippen LogP contribution is -2.59. The number of rotatable bonds is 6. The number of hydrogen-bond acceptors (Lipinski definition) is 4. The molecule has 0 bridgehead atoms. The van der Waals surface area contributed by atoms with Crippen LogP contribution in [0.2, 0.25) is 0 Å². The minimum atomic E-state index is -1.39. The van der Waals surface area contributed by atoms with Crippen LogP contribution in [0, 0.1) is 5.41 Å². The van der Waals surface area contributed by atoms with E-state index in [4.69, 9.17) is 26.9 Å². The maximum absolute atomic E-state index is 11.7. The Balaban J connectivity index is 4.62. The van der Waals surface area contributed by atoms with Gasteiger partial charge < -0.3 is 20.6 Å². The molecule has 0 aliphatic carbocycles. The van der Waals surface area contributed by atoms with E-state index >= 15 is 0 Å². The second kappa shape index (κ2) is 5.65. The molecule has 0 spiro atoms. The van der Waals surface area contributed by atoms with Crippen LogP contribution in [0.25, 0.3) is 0 Å². The Morgan fingerprint density at radius 3 is 1.87 bits per heavy atom. The van der Waals surface area contributed by atoms with E-state index in [0.29, 0.717) is 0 Å². The second-order valence-electron chi connectivity index (χ2n) is 4.23. The van der Waals surface area contributed by atoms with E-state index in [-0.39, 0.29) is 5.88 Å². The Morgan fingerprint density at radius 1 is 1.20 bits per heavy atom. The van der Waals surface area contributed by atoms with E-state index in [1.165, 1.54) is 0 Å². The van der Waals surface area contributed by atoms with Crippen LogP contribution in [0.4, 0.5) is 0 Å². The van der Waals surface area contributed by atoms with Crippen molar-refractivity contribution in [3.63, 3.8) is 0 Å². The molecule has 0 saturated heterocycles. The van der Waals surface area contributed by atoms with Gasteiger partial charge >= 0.3 is 0 Å². The van der Waals surface area contributed by atoms with Crippen molar-refractivity contribution in [2.45, 2.75) is 19.4 Å². The largest absolute Gasteiger partial charge is 0.394 e. The molecule has 0 heterocycles. The predicted molar refractivity (Wildman–Crippen MR) is 56.6 cm³/mol. The third-order valence-electron chi connectivity index (χ3n) is 2.24. The number of amides is 1. The molecule has 0 unspecified atom stereocenters. The van der Waals surface area contributed by atoms with Gasteiger partial charge in [-0.2, -0.15) is 0 Å². The number of carbonyl (C=O) groups excluding carboxylic acids is 1. The number of aliphatic hydroxyl groups is 3. The highest BCUT2D eigenvalue weighted by Gasteiger charge is 2.35. The lowest BCUT2D eigenvalue weighted by atomic mass is 9.92. The van der Waals surface area contributed by atoms with Gasteiger partial charge in [0.15, 0.2) is 0 Å². The maximum Gasteiger partial charge on any atom is 0.227 e. The Labute approximate surface area is 94.1 Å². The quantitative estimate of drug-likeness (QED) is 0.452. The number of carbonyl (C=O) groups is 1. The third-order valence-corrected chi connectivity index (χ3v) is 2.90. The first-order chi connectivity index (χ1) is 6.87. The average Bonchev–Trinajstić information content (AvgIpc) is 2.25. The highest BCUT2D eigenvalue weighted by molar-refractivity contribution is 6.19. The van der Waals surface area contributed by atoms with E-state index in [0.717, 1.165) is 0 Å². The fraction of sp³-hybridized carbons (Fsp3) is 0.889. The van der Waals surface area contributed by atoms with Crippen molar-refractivity contribution in [1.29, 1.82) is 0 Å². The SMILES string of the molecule is CC(C)(CCl)C(=O)NC(CO)(CO)CO. The first-order valence-corrected chi connectivity index (χ1v) is 5.12. The zero-order valence-corrected chi connectivity index (χ0v) is 9.71. The minimum Gasteiger partial charge on any atom is -0.394 e. The first-order valence-electron chi connectivity index (χ1n) is 4.58. The molecule has 6 heteroatoms. The number of halogens is 1. The number of alkyl halides is 1. The number of aliphatic hydroxyl groups excluding tert-OH is 3. The van der Waals surface area contributed by atoms with E-state index in [1.807, 2.05) is 0 Å². The summed E-state index contributed by atoms with van der Waals surface area (Å²) in [5.41, 5.74) is -2.20. The van der Waals surface area contributed by atoms with Gasteiger partial charge in [-0.15, -0.1) is 11.6 Å². The zero-order valence-electron chi connectivity index (χ0n) is 8.96. The standard InChI is InChI=1S/C9H18ClNO4/c1-8(2,3-10)7(15)11-9(4-12,5-13)6-14/h12-14H,3-6H2,1-2H3,(H,11,15). The molecule has 5 nitrogen and oxygen atoms in total. The molecule has 0 aliphatic rings. The molecule has 0 aliphatic heterocycles. The Hall–Kier alpha value is -0.360. The molecule has 0 fully saturated rings. The molecular formula is C9H18ClNO4. The van der Waals surface area contributed by atoms with Gasteiger partial charge in [-0.1, -0.05) is 0 Å². The lowest BCUT2D eigenvalue weighted by Gasteiger charge is -2.32. The summed E-state index contributed by atoms with van der Waals surface area (Å²) in [6.07, 6.45) is 0. The first kappa shape index (κ1) is 14.6. The Morgan fingerprint density at radius 2 is 1.60 bits per heavy atom. The highest BCUT2D eigenvalue weighted by Crippen LogP contribution is 2.18. The molecule has 0 aromatic heterocycles. The predicted octanol–water partition coefficient (Wildman–Crippen LogP) is -0.917. The van der Waals surface area contributed by atoms with E-state index in [9.17, 15) is 4.79 Å². The van der Waals surface area contributed by atoms with Gasteiger partial charge in [-0.3, -0.25) is 4.79 Å². The number of nitrogens with one attached hydrogen (secondary N) is 1. The van der Waals surface area contributed by atoms with Gasteiger partial charge in [0.25, 0.3) is 0 Å². The molecule has 0 atom stereocenters. The Kier molecular flexibility index (Phi) is 5.51. The van der Waals surface area contributed by atoms with Crippen LogP contribution >= 0.6 is 11.6 Å². The van der Waals surface area contributed by atoms with Gasteiger partial charge in [-0.05, 0) is 13.8 Å². The molecule has 0 aromatic rings. The lowest BCUT2D eigenvalue weighted by molar-refractivity contribution is -0.132. The van der Waals surface area contributed by atoms with Crippen molar-refractivity contribution in [1.82, 2.24) is 5.32 Å². The van der Waals surface area contributed by atoms with Crippen molar-refractivity contribution in [3.8, 4) is 0 Å². The molecular weight excluding hydrogens is 222 g/mol. The summed E-state index contributed by atoms with van der Waals surface area (Å²) in [5, 5.41) is 29.4. The van der Waals surface area contributed by atoms with Crippen LogP contribution in [-0.2, 0) is 4.79 Å². The molecule has 0 rings (SSSR count). The molecule has 4 N–H and O–H groups in total. The second-order valence-corrected chi connectivity index (χ2v) is 4.49. The van der Waals surface area contributed by atoms with E-state index in [2.05, 4.69) is 5.32 Å². The van der Waals surface area contributed by atoms with Gasteiger partial charge in [0, 0.05) is 5.88 Å². The fourth-order valence-electron chi connectivity index (χ4n) is 0.739. The zero-order chi connectivity index (χ0) is 12.1. The highest BCUT2D eigenvalue weighted by atomic mass is 35.5.